The fourth-order valence-electron chi connectivity index (χ4n) is 3.41. The Labute approximate surface area is 196 Å². The number of unbranched alkanes of at least 4 members (excludes halogenated alkanes) is 12. The molecule has 0 N–H and O–H groups in total. The Morgan fingerprint density at radius 1 is 0.562 bits per heavy atom. The third-order valence-corrected chi connectivity index (χ3v) is 5.53. The third kappa shape index (κ3) is 21.6. The minimum atomic E-state index is -0.201. The highest BCUT2D eigenvalue weighted by Crippen LogP contribution is 2.12. The molecule has 0 fully saturated rings. The second-order valence-corrected chi connectivity index (χ2v) is 8.89. The smallest absolute Gasteiger partial charge is 0.305 e. The van der Waals surface area contributed by atoms with Crippen molar-refractivity contribution in [1.82, 2.24) is 0 Å². The lowest BCUT2D eigenvalue weighted by molar-refractivity contribution is -0.148. The van der Waals surface area contributed by atoms with Crippen LogP contribution in [0.15, 0.2) is 0 Å². The molecule has 0 amide bonds. The van der Waals surface area contributed by atoms with E-state index >= 15 is 0 Å². The SMILES string of the molecule is CCCCCCCCCCCC(=O)OCC(C)COC(=O)CCCCCCCC(=O)OC. The quantitative estimate of drug-likeness (QED) is 0.105. The van der Waals surface area contributed by atoms with Gasteiger partial charge in [0, 0.05) is 25.2 Å². The van der Waals surface area contributed by atoms with Gasteiger partial charge in [-0.25, -0.2) is 0 Å². The Balaban J connectivity index is 3.49. The third-order valence-electron chi connectivity index (χ3n) is 5.53. The number of hydrogen-bond acceptors (Lipinski definition) is 6. The summed E-state index contributed by atoms with van der Waals surface area (Å²) in [6, 6.07) is 0. The normalized spacial score (nSPS) is 11.7. The average Bonchev–Trinajstić information content (AvgIpc) is 2.79. The zero-order valence-electron chi connectivity index (χ0n) is 21.0. The molecular weight excluding hydrogens is 408 g/mol. The monoisotopic (exact) mass is 456 g/mol. The largest absolute Gasteiger partial charge is 0.469 e. The van der Waals surface area contributed by atoms with E-state index in [0.717, 1.165) is 44.9 Å². The van der Waals surface area contributed by atoms with Crippen LogP contribution in [-0.4, -0.2) is 38.2 Å². The van der Waals surface area contributed by atoms with Gasteiger partial charge in [0.1, 0.15) is 0 Å². The molecule has 0 aromatic rings. The molecule has 32 heavy (non-hydrogen) atoms. The summed E-state index contributed by atoms with van der Waals surface area (Å²) in [7, 11) is 1.40. The van der Waals surface area contributed by atoms with E-state index in [1.807, 2.05) is 6.92 Å². The molecule has 0 heterocycles. The Morgan fingerprint density at radius 2 is 0.906 bits per heavy atom. The maximum absolute atomic E-state index is 11.8. The molecule has 0 aliphatic rings. The van der Waals surface area contributed by atoms with Crippen molar-refractivity contribution < 1.29 is 28.6 Å². The molecular formula is C26H48O6. The van der Waals surface area contributed by atoms with Crippen LogP contribution < -0.4 is 0 Å². The van der Waals surface area contributed by atoms with Crippen molar-refractivity contribution in [2.24, 2.45) is 5.92 Å². The highest BCUT2D eigenvalue weighted by molar-refractivity contribution is 5.70. The maximum atomic E-state index is 11.8. The molecule has 0 bridgehead atoms. The predicted octanol–water partition coefficient (Wildman–Crippen LogP) is 6.53. The van der Waals surface area contributed by atoms with Crippen LogP contribution in [0.5, 0.6) is 0 Å². The van der Waals surface area contributed by atoms with E-state index in [0.29, 0.717) is 25.9 Å². The first-order valence-corrected chi connectivity index (χ1v) is 12.9. The summed E-state index contributed by atoms with van der Waals surface area (Å²) in [6.07, 6.45) is 16.9. The van der Waals surface area contributed by atoms with Crippen molar-refractivity contribution in [1.29, 1.82) is 0 Å². The van der Waals surface area contributed by atoms with Crippen LogP contribution in [0.3, 0.4) is 0 Å². The number of ether oxygens (including phenoxy) is 3. The molecule has 6 nitrogen and oxygen atoms in total. The number of carbonyl (C=O) groups is 3. The summed E-state index contributed by atoms with van der Waals surface area (Å²) in [5, 5.41) is 0. The number of carbonyl (C=O) groups excluding carboxylic acids is 3. The summed E-state index contributed by atoms with van der Waals surface area (Å²) >= 11 is 0. The zero-order chi connectivity index (χ0) is 23.9. The standard InChI is InChI=1S/C26H48O6/c1-4-5-6-7-8-9-10-12-16-19-25(28)31-21-23(2)22-32-26(29)20-17-14-11-13-15-18-24(27)30-3/h23H,4-22H2,1-3H3. The first-order chi connectivity index (χ1) is 15.5. The van der Waals surface area contributed by atoms with Crippen molar-refractivity contribution >= 4 is 17.9 Å². The van der Waals surface area contributed by atoms with E-state index in [1.54, 1.807) is 0 Å². The Kier molecular flexibility index (Phi) is 21.5. The molecule has 0 aliphatic heterocycles. The van der Waals surface area contributed by atoms with Gasteiger partial charge in [0.2, 0.25) is 0 Å². The Morgan fingerprint density at radius 3 is 1.28 bits per heavy atom. The van der Waals surface area contributed by atoms with Crippen LogP contribution in [0, 0.1) is 5.92 Å². The highest BCUT2D eigenvalue weighted by atomic mass is 16.5. The Hall–Kier alpha value is -1.59. The van der Waals surface area contributed by atoms with Gasteiger partial charge in [0.15, 0.2) is 0 Å². The predicted molar refractivity (Wildman–Crippen MR) is 127 cm³/mol. The average molecular weight is 457 g/mol. The van der Waals surface area contributed by atoms with Crippen molar-refractivity contribution in [3.63, 3.8) is 0 Å². The lowest BCUT2D eigenvalue weighted by Crippen LogP contribution is -2.18. The second-order valence-electron chi connectivity index (χ2n) is 8.89. The highest BCUT2D eigenvalue weighted by Gasteiger charge is 2.10. The fraction of sp³-hybridized carbons (Fsp3) is 0.885. The number of esters is 3. The molecule has 0 rings (SSSR count). The van der Waals surface area contributed by atoms with E-state index < -0.39 is 0 Å². The van der Waals surface area contributed by atoms with Gasteiger partial charge in [-0.3, -0.25) is 14.4 Å². The summed E-state index contributed by atoms with van der Waals surface area (Å²) in [4.78, 5) is 34.7. The lowest BCUT2D eigenvalue weighted by atomic mass is 10.1. The van der Waals surface area contributed by atoms with Crippen LogP contribution in [0.4, 0.5) is 0 Å². The molecule has 0 spiro atoms. The van der Waals surface area contributed by atoms with Gasteiger partial charge in [-0.2, -0.15) is 0 Å². The summed E-state index contributed by atoms with van der Waals surface area (Å²) in [5.74, 6) is -0.521. The minimum absolute atomic E-state index is 0.00402. The van der Waals surface area contributed by atoms with E-state index in [1.165, 1.54) is 52.1 Å². The topological polar surface area (TPSA) is 78.9 Å². The van der Waals surface area contributed by atoms with Gasteiger partial charge in [-0.1, -0.05) is 84.5 Å². The van der Waals surface area contributed by atoms with Crippen LogP contribution in [0.1, 0.15) is 123 Å². The molecule has 188 valence electrons. The van der Waals surface area contributed by atoms with E-state index in [2.05, 4.69) is 11.7 Å². The van der Waals surface area contributed by atoms with Gasteiger partial charge >= 0.3 is 17.9 Å². The van der Waals surface area contributed by atoms with Crippen LogP contribution in [0.2, 0.25) is 0 Å². The van der Waals surface area contributed by atoms with Crippen LogP contribution >= 0.6 is 0 Å². The van der Waals surface area contributed by atoms with Crippen molar-refractivity contribution in [2.45, 2.75) is 123 Å². The van der Waals surface area contributed by atoms with E-state index in [-0.39, 0.29) is 30.4 Å². The lowest BCUT2D eigenvalue weighted by Gasteiger charge is -2.13. The molecule has 1 atom stereocenters. The molecule has 0 radical (unpaired) electrons. The maximum Gasteiger partial charge on any atom is 0.305 e. The molecule has 0 saturated carbocycles. The van der Waals surface area contributed by atoms with Gasteiger partial charge in [0.05, 0.1) is 20.3 Å². The van der Waals surface area contributed by atoms with E-state index in [9.17, 15) is 14.4 Å². The molecule has 0 aromatic carbocycles. The molecule has 0 saturated heterocycles. The van der Waals surface area contributed by atoms with Gasteiger partial charge in [-0.05, 0) is 19.3 Å². The van der Waals surface area contributed by atoms with Crippen molar-refractivity contribution in [3.8, 4) is 0 Å². The van der Waals surface area contributed by atoms with Crippen LogP contribution in [0.25, 0.3) is 0 Å². The summed E-state index contributed by atoms with van der Waals surface area (Å²) in [6.45, 7) is 4.72. The first kappa shape index (κ1) is 30.4. The number of methoxy groups -OCH3 is 1. The number of hydrogen-bond donors (Lipinski definition) is 0. The second kappa shape index (κ2) is 22.6. The minimum Gasteiger partial charge on any atom is -0.469 e. The molecule has 0 aromatic heterocycles. The van der Waals surface area contributed by atoms with Gasteiger partial charge < -0.3 is 14.2 Å². The molecule has 0 aliphatic carbocycles. The fourth-order valence-corrected chi connectivity index (χ4v) is 3.41. The number of rotatable bonds is 22. The van der Waals surface area contributed by atoms with Gasteiger partial charge in [0.25, 0.3) is 0 Å². The van der Waals surface area contributed by atoms with E-state index in [4.69, 9.17) is 9.47 Å². The van der Waals surface area contributed by atoms with Crippen LogP contribution in [-0.2, 0) is 28.6 Å². The zero-order valence-corrected chi connectivity index (χ0v) is 21.0. The van der Waals surface area contributed by atoms with Crippen molar-refractivity contribution in [3.05, 3.63) is 0 Å². The Bertz CT molecular complexity index is 477. The summed E-state index contributed by atoms with van der Waals surface area (Å²) < 4.78 is 15.2. The summed E-state index contributed by atoms with van der Waals surface area (Å²) in [5.41, 5.74) is 0. The molecule has 1 unspecified atom stereocenters. The van der Waals surface area contributed by atoms with Gasteiger partial charge in [-0.15, -0.1) is 0 Å². The first-order valence-electron chi connectivity index (χ1n) is 12.9. The molecule has 6 heteroatoms. The van der Waals surface area contributed by atoms with Crippen molar-refractivity contribution in [2.75, 3.05) is 20.3 Å².